The molecule has 3 rings (SSSR count). The molecule has 1 aliphatic rings. The summed E-state index contributed by atoms with van der Waals surface area (Å²) in [4.78, 5) is 28.2. The molecule has 4 nitrogen and oxygen atoms in total. The first kappa shape index (κ1) is 21.2. The number of benzene rings is 2. The van der Waals surface area contributed by atoms with Crippen LogP contribution in [-0.4, -0.2) is 35.1 Å². The molecule has 0 atom stereocenters. The Balaban J connectivity index is 1.84. The van der Waals surface area contributed by atoms with E-state index in [0.29, 0.717) is 30.1 Å². The van der Waals surface area contributed by atoms with Crippen molar-refractivity contribution in [1.29, 1.82) is 0 Å². The van der Waals surface area contributed by atoms with Gasteiger partial charge in [0.1, 0.15) is 5.75 Å². The lowest BCUT2D eigenvalue weighted by Gasteiger charge is -2.15. The lowest BCUT2D eigenvalue weighted by molar-refractivity contribution is -0.136. The van der Waals surface area contributed by atoms with Gasteiger partial charge in [-0.25, -0.2) is 0 Å². The number of carbonyl (C=O) groups is 2. The Labute approximate surface area is 176 Å². The molecule has 5 heteroatoms. The number of hydrogen-bond acceptors (Lipinski definition) is 4. The van der Waals surface area contributed by atoms with Gasteiger partial charge < -0.3 is 4.74 Å². The normalized spacial score (nSPS) is 14.3. The summed E-state index contributed by atoms with van der Waals surface area (Å²) in [5.74, 6) is 0.370. The summed E-state index contributed by atoms with van der Waals surface area (Å²) in [6.07, 6.45) is 1.58. The Bertz CT molecular complexity index is 888. The van der Waals surface area contributed by atoms with Crippen LogP contribution in [0.5, 0.6) is 5.75 Å². The van der Waals surface area contributed by atoms with E-state index in [1.165, 1.54) is 16.7 Å². The average molecular weight is 410 g/mol. The van der Waals surface area contributed by atoms with Gasteiger partial charge in [-0.1, -0.05) is 63.2 Å². The highest BCUT2D eigenvalue weighted by atomic mass is 32.2. The minimum absolute atomic E-state index is 0.189. The van der Waals surface area contributed by atoms with Gasteiger partial charge in [0.2, 0.25) is 0 Å². The largest absolute Gasteiger partial charge is 0.494 e. The molecule has 0 saturated carbocycles. The monoisotopic (exact) mass is 409 g/mol. The van der Waals surface area contributed by atoms with E-state index in [4.69, 9.17) is 4.74 Å². The number of rotatable bonds is 9. The van der Waals surface area contributed by atoms with Gasteiger partial charge in [-0.05, 0) is 36.1 Å². The van der Waals surface area contributed by atoms with E-state index in [1.54, 1.807) is 0 Å². The molecule has 0 unspecified atom stereocenters. The van der Waals surface area contributed by atoms with Crippen molar-refractivity contribution in [3.8, 4) is 5.75 Å². The van der Waals surface area contributed by atoms with E-state index in [9.17, 15) is 9.59 Å². The van der Waals surface area contributed by atoms with Crippen molar-refractivity contribution in [2.45, 2.75) is 38.9 Å². The fraction of sp³-hybridized carbons (Fsp3) is 0.333. The molecular formula is C24H27NO3S. The van der Waals surface area contributed by atoms with Crippen molar-refractivity contribution in [2.24, 2.45) is 0 Å². The molecule has 1 aliphatic heterocycles. The highest BCUT2D eigenvalue weighted by Crippen LogP contribution is 2.38. The van der Waals surface area contributed by atoms with Gasteiger partial charge in [-0.15, -0.1) is 11.8 Å². The number of nitrogens with zero attached hydrogens (tertiary/aromatic N) is 1. The number of ether oxygens (including phenoxy) is 1. The maximum Gasteiger partial charge on any atom is 0.268 e. The van der Waals surface area contributed by atoms with Crippen LogP contribution < -0.4 is 4.74 Å². The molecule has 0 radical (unpaired) electrons. The topological polar surface area (TPSA) is 46.6 Å². The second-order valence-corrected chi connectivity index (χ2v) is 8.83. The maximum atomic E-state index is 13.2. The smallest absolute Gasteiger partial charge is 0.268 e. The van der Waals surface area contributed by atoms with Crippen LogP contribution in [-0.2, 0) is 16.0 Å². The first-order chi connectivity index (χ1) is 14.0. The molecule has 0 aromatic heterocycles. The second-order valence-electron chi connectivity index (χ2n) is 7.24. The van der Waals surface area contributed by atoms with E-state index < -0.39 is 0 Å². The molecule has 2 aromatic carbocycles. The van der Waals surface area contributed by atoms with Gasteiger partial charge in [-0.3, -0.25) is 14.5 Å². The first-order valence-electron chi connectivity index (χ1n) is 10.1. The van der Waals surface area contributed by atoms with Gasteiger partial charge in [0.05, 0.1) is 17.1 Å². The summed E-state index contributed by atoms with van der Waals surface area (Å²) in [5.41, 5.74) is 2.37. The van der Waals surface area contributed by atoms with Gasteiger partial charge in [0.15, 0.2) is 0 Å². The van der Waals surface area contributed by atoms with E-state index >= 15 is 0 Å². The highest BCUT2D eigenvalue weighted by molar-refractivity contribution is 8.04. The summed E-state index contributed by atoms with van der Waals surface area (Å²) in [5, 5.41) is 0.206. The van der Waals surface area contributed by atoms with Gasteiger partial charge in [0, 0.05) is 11.8 Å². The van der Waals surface area contributed by atoms with Crippen molar-refractivity contribution in [2.75, 3.05) is 13.2 Å². The molecule has 2 amide bonds. The fourth-order valence-corrected chi connectivity index (χ4v) is 4.19. The molecule has 1 heterocycles. The molecule has 0 spiro atoms. The van der Waals surface area contributed by atoms with Crippen molar-refractivity contribution >= 4 is 29.1 Å². The molecular weight excluding hydrogens is 382 g/mol. The van der Waals surface area contributed by atoms with Crippen molar-refractivity contribution in [1.82, 2.24) is 4.90 Å². The Morgan fingerprint density at radius 2 is 1.66 bits per heavy atom. The quantitative estimate of drug-likeness (QED) is 0.551. The van der Waals surface area contributed by atoms with E-state index in [2.05, 4.69) is 6.92 Å². The van der Waals surface area contributed by atoms with E-state index in [-0.39, 0.29) is 17.1 Å². The van der Waals surface area contributed by atoms with Crippen LogP contribution in [0.4, 0.5) is 0 Å². The zero-order valence-corrected chi connectivity index (χ0v) is 18.0. The summed E-state index contributed by atoms with van der Waals surface area (Å²) >= 11 is 1.46. The summed E-state index contributed by atoms with van der Waals surface area (Å²) in [6.45, 7) is 7.15. The molecule has 0 fully saturated rings. The number of hydrogen-bond donors (Lipinski definition) is 0. The predicted molar refractivity (Wildman–Crippen MR) is 119 cm³/mol. The molecule has 0 bridgehead atoms. The van der Waals surface area contributed by atoms with E-state index in [0.717, 1.165) is 23.3 Å². The van der Waals surface area contributed by atoms with Crippen LogP contribution in [0.1, 0.15) is 38.3 Å². The Morgan fingerprint density at radius 3 is 2.28 bits per heavy atom. The van der Waals surface area contributed by atoms with Crippen molar-refractivity contribution in [3.63, 3.8) is 0 Å². The fourth-order valence-electron chi connectivity index (χ4n) is 3.18. The molecule has 152 valence electrons. The lowest BCUT2D eigenvalue weighted by atomic mass is 10.1. The van der Waals surface area contributed by atoms with Crippen LogP contribution in [0, 0.1) is 0 Å². The Morgan fingerprint density at radius 1 is 0.966 bits per heavy atom. The van der Waals surface area contributed by atoms with Gasteiger partial charge in [-0.2, -0.15) is 0 Å². The predicted octanol–water partition coefficient (Wildman–Crippen LogP) is 4.94. The maximum absolute atomic E-state index is 13.2. The number of amides is 2. The standard InChI is InChI=1S/C24H27NO3S/c1-4-16-28-20-12-10-19(11-13-20)21-22(29-17(2)3)24(27)25(23(21)26)15-14-18-8-6-5-7-9-18/h5-13,17H,4,14-16H2,1-3H3. The number of carbonyl (C=O) groups excluding carboxylic acids is 2. The first-order valence-corrected chi connectivity index (χ1v) is 10.9. The SMILES string of the molecule is CCCOc1ccc(C2=C(SC(C)C)C(=O)N(CCc3ccccc3)C2=O)cc1. The van der Waals surface area contributed by atoms with Gasteiger partial charge >= 0.3 is 0 Å². The van der Waals surface area contributed by atoms with Crippen LogP contribution in [0.3, 0.4) is 0 Å². The van der Waals surface area contributed by atoms with Crippen molar-refractivity contribution in [3.05, 3.63) is 70.6 Å². The Hall–Kier alpha value is -2.53. The molecule has 0 aliphatic carbocycles. The lowest BCUT2D eigenvalue weighted by Crippen LogP contribution is -2.33. The van der Waals surface area contributed by atoms with Crippen LogP contribution in [0.2, 0.25) is 0 Å². The summed E-state index contributed by atoms with van der Waals surface area (Å²) in [6, 6.07) is 17.4. The van der Waals surface area contributed by atoms with Crippen LogP contribution >= 0.6 is 11.8 Å². The zero-order valence-electron chi connectivity index (χ0n) is 17.2. The molecule has 0 saturated heterocycles. The number of imide groups is 1. The summed E-state index contributed by atoms with van der Waals surface area (Å²) in [7, 11) is 0. The third-order valence-electron chi connectivity index (χ3n) is 4.56. The summed E-state index contributed by atoms with van der Waals surface area (Å²) < 4.78 is 5.64. The average Bonchev–Trinajstić information content (AvgIpc) is 2.95. The second kappa shape index (κ2) is 9.79. The van der Waals surface area contributed by atoms with Gasteiger partial charge in [0.25, 0.3) is 11.8 Å². The van der Waals surface area contributed by atoms with Crippen LogP contribution in [0.15, 0.2) is 59.5 Å². The van der Waals surface area contributed by atoms with E-state index in [1.807, 2.05) is 68.4 Å². The Kier molecular flexibility index (Phi) is 7.15. The zero-order chi connectivity index (χ0) is 20.8. The third kappa shape index (κ3) is 5.10. The minimum atomic E-state index is -0.212. The number of thioether (sulfide) groups is 1. The third-order valence-corrected chi connectivity index (χ3v) is 5.65. The molecule has 2 aromatic rings. The van der Waals surface area contributed by atoms with Crippen molar-refractivity contribution < 1.29 is 14.3 Å². The highest BCUT2D eigenvalue weighted by Gasteiger charge is 2.39. The van der Waals surface area contributed by atoms with Crippen LogP contribution in [0.25, 0.3) is 5.57 Å². The molecule has 29 heavy (non-hydrogen) atoms. The minimum Gasteiger partial charge on any atom is -0.494 e. The molecule has 0 N–H and O–H groups in total.